The summed E-state index contributed by atoms with van der Waals surface area (Å²) in [5.41, 5.74) is -1.13. The summed E-state index contributed by atoms with van der Waals surface area (Å²) in [7, 11) is -1.74. The Balaban J connectivity index is 2.98. The van der Waals surface area contributed by atoms with Gasteiger partial charge >= 0.3 is 6.18 Å². The molecule has 0 spiro atoms. The maximum Gasteiger partial charge on any atom is 0.416 e. The Bertz CT molecular complexity index is 786. The third kappa shape index (κ3) is 6.84. The zero-order valence-corrected chi connectivity index (χ0v) is 15.4. The number of nitrogens with one attached hydrogen (secondary N) is 2. The number of rotatable bonds is 9. The number of carbonyl (C=O) groups is 1. The minimum Gasteiger partial charge on any atom is -0.354 e. The molecule has 0 fully saturated rings. The van der Waals surface area contributed by atoms with E-state index in [9.17, 15) is 26.4 Å². The van der Waals surface area contributed by atoms with Crippen molar-refractivity contribution in [3.8, 4) is 12.3 Å². The fraction of sp³-hybridized carbons (Fsp3) is 0.438. The van der Waals surface area contributed by atoms with E-state index < -0.39 is 44.9 Å². The molecule has 0 aliphatic heterocycles. The van der Waals surface area contributed by atoms with E-state index in [-0.39, 0.29) is 13.0 Å². The number of methoxy groups -OCH3 is 2. The number of carbonyl (C=O) groups excluding carboxylic acids is 1. The van der Waals surface area contributed by atoms with Crippen LogP contribution in [0.5, 0.6) is 0 Å². The van der Waals surface area contributed by atoms with Gasteiger partial charge in [-0.3, -0.25) is 4.79 Å². The molecule has 0 bridgehead atoms. The Morgan fingerprint density at radius 2 is 1.93 bits per heavy atom. The first-order valence-electron chi connectivity index (χ1n) is 7.51. The van der Waals surface area contributed by atoms with E-state index in [0.29, 0.717) is 6.07 Å². The topological polar surface area (TPSA) is 93.7 Å². The summed E-state index contributed by atoms with van der Waals surface area (Å²) in [6.07, 6.45) is -0.635. The fourth-order valence-electron chi connectivity index (χ4n) is 1.97. The molecule has 7 nitrogen and oxygen atoms in total. The molecular formula is C16H19F3N2O5S. The van der Waals surface area contributed by atoms with Crippen molar-refractivity contribution in [2.45, 2.75) is 29.8 Å². The van der Waals surface area contributed by atoms with Crippen LogP contribution in [0.15, 0.2) is 29.2 Å². The Morgan fingerprint density at radius 3 is 2.44 bits per heavy atom. The first kappa shape index (κ1) is 22.9. The lowest BCUT2D eigenvalue weighted by Crippen LogP contribution is -2.48. The van der Waals surface area contributed by atoms with Crippen LogP contribution in [0.1, 0.15) is 12.0 Å². The van der Waals surface area contributed by atoms with Crippen molar-refractivity contribution in [1.82, 2.24) is 10.0 Å². The van der Waals surface area contributed by atoms with Gasteiger partial charge in [-0.1, -0.05) is 6.07 Å². The van der Waals surface area contributed by atoms with Crippen LogP contribution in [0.3, 0.4) is 0 Å². The average Bonchev–Trinajstić information content (AvgIpc) is 2.61. The van der Waals surface area contributed by atoms with Gasteiger partial charge in [0.15, 0.2) is 6.29 Å². The average molecular weight is 408 g/mol. The van der Waals surface area contributed by atoms with Crippen LogP contribution >= 0.6 is 0 Å². The zero-order valence-electron chi connectivity index (χ0n) is 14.5. The number of halogens is 3. The molecule has 1 amide bonds. The maximum absolute atomic E-state index is 12.8. The van der Waals surface area contributed by atoms with Crippen molar-refractivity contribution in [2.75, 3.05) is 20.8 Å². The number of benzene rings is 1. The summed E-state index contributed by atoms with van der Waals surface area (Å²) in [4.78, 5) is 11.5. The lowest BCUT2D eigenvalue weighted by atomic mass is 10.2. The Kier molecular flexibility index (Phi) is 8.23. The van der Waals surface area contributed by atoms with E-state index in [0.717, 1.165) is 18.2 Å². The second-order valence-electron chi connectivity index (χ2n) is 5.25. The Hall–Kier alpha value is -2.13. The summed E-state index contributed by atoms with van der Waals surface area (Å²) in [5.74, 6) is 1.37. The highest BCUT2D eigenvalue weighted by Crippen LogP contribution is 2.30. The van der Waals surface area contributed by atoms with Gasteiger partial charge in [-0.25, -0.2) is 8.42 Å². The van der Waals surface area contributed by atoms with Crippen LogP contribution < -0.4 is 10.0 Å². The highest BCUT2D eigenvalue weighted by Gasteiger charge is 2.32. The largest absolute Gasteiger partial charge is 0.416 e. The predicted octanol–water partition coefficient (Wildman–Crippen LogP) is 1.11. The quantitative estimate of drug-likeness (QED) is 0.472. The normalized spacial score (nSPS) is 13.2. The molecule has 1 rings (SSSR count). The summed E-state index contributed by atoms with van der Waals surface area (Å²) < 4.78 is 74.9. The predicted molar refractivity (Wildman–Crippen MR) is 89.8 cm³/mol. The monoisotopic (exact) mass is 408 g/mol. The zero-order chi connectivity index (χ0) is 20.7. The molecule has 2 N–H and O–H groups in total. The smallest absolute Gasteiger partial charge is 0.354 e. The molecule has 0 radical (unpaired) electrons. The van der Waals surface area contributed by atoms with Crippen molar-refractivity contribution >= 4 is 15.9 Å². The first-order valence-corrected chi connectivity index (χ1v) is 8.99. The number of ether oxygens (including phenoxy) is 2. The highest BCUT2D eigenvalue weighted by atomic mass is 32.2. The second-order valence-corrected chi connectivity index (χ2v) is 6.97. The number of alkyl halides is 3. The van der Waals surface area contributed by atoms with Crippen molar-refractivity contribution in [3.05, 3.63) is 29.8 Å². The molecule has 1 aromatic carbocycles. The van der Waals surface area contributed by atoms with Crippen LogP contribution in [0.25, 0.3) is 0 Å². The van der Waals surface area contributed by atoms with E-state index in [1.54, 1.807) is 0 Å². The molecule has 1 unspecified atom stereocenters. The molecule has 1 aromatic rings. The van der Waals surface area contributed by atoms with Gasteiger partial charge in [-0.2, -0.15) is 17.9 Å². The van der Waals surface area contributed by atoms with Crippen molar-refractivity contribution in [3.63, 3.8) is 0 Å². The van der Waals surface area contributed by atoms with Gasteiger partial charge in [-0.15, -0.1) is 12.3 Å². The minimum atomic E-state index is -4.71. The van der Waals surface area contributed by atoms with Crippen LogP contribution in [0.4, 0.5) is 13.2 Å². The Morgan fingerprint density at radius 1 is 1.30 bits per heavy atom. The summed E-state index contributed by atoms with van der Waals surface area (Å²) in [6.45, 7) is -0.0851. The van der Waals surface area contributed by atoms with Crippen molar-refractivity contribution in [2.24, 2.45) is 0 Å². The van der Waals surface area contributed by atoms with Crippen LogP contribution in [0, 0.1) is 12.3 Å². The van der Waals surface area contributed by atoms with E-state index >= 15 is 0 Å². The van der Waals surface area contributed by atoms with Gasteiger partial charge in [0.2, 0.25) is 15.9 Å². The molecule has 27 heavy (non-hydrogen) atoms. The fourth-order valence-corrected chi connectivity index (χ4v) is 3.21. The molecule has 0 aromatic heterocycles. The number of sulfonamides is 1. The van der Waals surface area contributed by atoms with Gasteiger partial charge in [-0.05, 0) is 18.2 Å². The van der Waals surface area contributed by atoms with E-state index in [4.69, 9.17) is 15.9 Å². The van der Waals surface area contributed by atoms with Crippen LogP contribution in [-0.4, -0.2) is 47.4 Å². The molecule has 150 valence electrons. The van der Waals surface area contributed by atoms with E-state index in [2.05, 4.69) is 11.2 Å². The highest BCUT2D eigenvalue weighted by molar-refractivity contribution is 7.89. The van der Waals surface area contributed by atoms with Crippen LogP contribution in [-0.2, 0) is 30.5 Å². The SMILES string of the molecule is C#CCC(NS(=O)(=O)c1cccc(C(F)(F)F)c1)C(=O)NCC(OC)OC. The third-order valence-electron chi connectivity index (χ3n) is 3.38. The third-order valence-corrected chi connectivity index (χ3v) is 4.85. The Labute approximate surface area is 155 Å². The molecule has 11 heteroatoms. The van der Waals surface area contributed by atoms with Gasteiger partial charge in [0.1, 0.15) is 6.04 Å². The maximum atomic E-state index is 12.8. The first-order chi connectivity index (χ1) is 12.5. The lowest BCUT2D eigenvalue weighted by Gasteiger charge is -2.19. The summed E-state index contributed by atoms with van der Waals surface area (Å²) >= 11 is 0. The van der Waals surface area contributed by atoms with Crippen molar-refractivity contribution < 1.29 is 35.9 Å². The van der Waals surface area contributed by atoms with Gasteiger partial charge < -0.3 is 14.8 Å². The molecule has 0 saturated carbocycles. The summed E-state index contributed by atoms with van der Waals surface area (Å²) in [6, 6.07) is 1.76. The van der Waals surface area contributed by atoms with Crippen LogP contribution in [0.2, 0.25) is 0 Å². The van der Waals surface area contributed by atoms with Gasteiger partial charge in [0, 0.05) is 20.6 Å². The molecule has 0 aliphatic rings. The molecular weight excluding hydrogens is 389 g/mol. The van der Waals surface area contributed by atoms with E-state index in [1.165, 1.54) is 14.2 Å². The summed E-state index contributed by atoms with van der Waals surface area (Å²) in [5, 5.41) is 2.39. The van der Waals surface area contributed by atoms with Gasteiger partial charge in [0.05, 0.1) is 17.0 Å². The second kappa shape index (κ2) is 9.70. The number of terminal acetylenes is 1. The molecule has 0 saturated heterocycles. The number of amides is 1. The lowest BCUT2D eigenvalue weighted by molar-refractivity contribution is -0.137. The minimum absolute atomic E-state index is 0.0851. The number of hydrogen-bond acceptors (Lipinski definition) is 5. The molecule has 0 aliphatic carbocycles. The van der Waals surface area contributed by atoms with Gasteiger partial charge in [0.25, 0.3) is 0 Å². The van der Waals surface area contributed by atoms with E-state index in [1.807, 2.05) is 4.72 Å². The number of hydrogen-bond donors (Lipinski definition) is 2. The standard InChI is InChI=1S/C16H19F3N2O5S/c1-4-6-13(15(22)20-10-14(25-2)26-3)21-27(23,24)12-8-5-7-11(9-12)16(17,18)19/h1,5,7-9,13-14,21H,6,10H2,2-3H3,(H,20,22). The van der Waals surface area contributed by atoms with Crippen molar-refractivity contribution in [1.29, 1.82) is 0 Å². The molecule has 0 heterocycles. The molecule has 1 atom stereocenters.